The highest BCUT2D eigenvalue weighted by molar-refractivity contribution is 5.80. The summed E-state index contributed by atoms with van der Waals surface area (Å²) in [5, 5.41) is 13.9. The third-order valence-corrected chi connectivity index (χ3v) is 7.64. The molecule has 2 aliphatic rings. The van der Waals surface area contributed by atoms with Gasteiger partial charge in [-0.15, -0.1) is 5.10 Å². The first-order valence-corrected chi connectivity index (χ1v) is 13.2. The summed E-state index contributed by atoms with van der Waals surface area (Å²) in [7, 11) is 1.64. The van der Waals surface area contributed by atoms with E-state index in [0.717, 1.165) is 58.8 Å². The third kappa shape index (κ3) is 4.71. The van der Waals surface area contributed by atoms with E-state index in [2.05, 4.69) is 32.3 Å². The highest BCUT2D eigenvalue weighted by Gasteiger charge is 2.30. The molecule has 0 bridgehead atoms. The van der Waals surface area contributed by atoms with Gasteiger partial charge in [0.05, 0.1) is 19.2 Å². The molecule has 10 heteroatoms. The van der Waals surface area contributed by atoms with E-state index in [1.54, 1.807) is 7.11 Å². The van der Waals surface area contributed by atoms with E-state index >= 15 is 0 Å². The van der Waals surface area contributed by atoms with Gasteiger partial charge >= 0.3 is 0 Å². The van der Waals surface area contributed by atoms with E-state index in [1.165, 1.54) is 12.8 Å². The molecule has 10 nitrogen and oxygen atoms in total. The van der Waals surface area contributed by atoms with Crippen molar-refractivity contribution in [3.05, 3.63) is 69.8 Å². The largest absolute Gasteiger partial charge is 0.497 e. The smallest absolute Gasteiger partial charge is 0.252 e. The van der Waals surface area contributed by atoms with E-state index in [0.29, 0.717) is 24.7 Å². The molecule has 1 aliphatic heterocycles. The molecule has 4 aromatic rings. The van der Waals surface area contributed by atoms with Crippen LogP contribution in [0.15, 0.2) is 47.3 Å². The Morgan fingerprint density at radius 2 is 1.95 bits per heavy atom. The van der Waals surface area contributed by atoms with Gasteiger partial charge in [-0.2, -0.15) is 0 Å². The first-order chi connectivity index (χ1) is 18.6. The zero-order valence-corrected chi connectivity index (χ0v) is 21.7. The van der Waals surface area contributed by atoms with Crippen molar-refractivity contribution >= 4 is 10.9 Å². The minimum atomic E-state index is -0.108. The maximum Gasteiger partial charge on any atom is 0.252 e. The van der Waals surface area contributed by atoms with Crippen LogP contribution in [-0.4, -0.2) is 44.0 Å². The van der Waals surface area contributed by atoms with Gasteiger partial charge in [0, 0.05) is 29.6 Å². The SMILES string of the molecule is CC[C@@H](c1nnnn1C1CCCC1)N(Cc1ccc2c(c1)OCO2)Cc1cc2cc(OC)ccc2[nH]c1=O. The molecule has 38 heavy (non-hydrogen) atoms. The molecule has 198 valence electrons. The molecule has 2 aromatic carbocycles. The van der Waals surface area contributed by atoms with Crippen molar-refractivity contribution in [3.8, 4) is 17.2 Å². The van der Waals surface area contributed by atoms with E-state index in [9.17, 15) is 4.79 Å². The van der Waals surface area contributed by atoms with Gasteiger partial charge in [-0.3, -0.25) is 9.69 Å². The Morgan fingerprint density at radius 3 is 2.76 bits per heavy atom. The number of rotatable bonds is 9. The number of hydrogen-bond donors (Lipinski definition) is 1. The maximum atomic E-state index is 13.2. The van der Waals surface area contributed by atoms with E-state index < -0.39 is 0 Å². The predicted molar refractivity (Wildman–Crippen MR) is 141 cm³/mol. The van der Waals surface area contributed by atoms with Crippen LogP contribution in [0.4, 0.5) is 0 Å². The maximum absolute atomic E-state index is 13.2. The summed E-state index contributed by atoms with van der Waals surface area (Å²) in [6.45, 7) is 3.38. The topological polar surface area (TPSA) is 107 Å². The van der Waals surface area contributed by atoms with Gasteiger partial charge in [0.25, 0.3) is 5.56 Å². The second-order valence-electron chi connectivity index (χ2n) is 10.0. The molecule has 0 saturated heterocycles. The van der Waals surface area contributed by atoms with Crippen molar-refractivity contribution in [1.82, 2.24) is 30.1 Å². The first-order valence-electron chi connectivity index (χ1n) is 13.2. The minimum Gasteiger partial charge on any atom is -0.497 e. The fraction of sp³-hybridized carbons (Fsp3) is 0.429. The van der Waals surface area contributed by atoms with Gasteiger partial charge in [-0.05, 0) is 71.7 Å². The molecule has 1 saturated carbocycles. The Labute approximate surface area is 220 Å². The van der Waals surface area contributed by atoms with Crippen LogP contribution in [0.2, 0.25) is 0 Å². The van der Waals surface area contributed by atoms with Crippen LogP contribution in [0.1, 0.15) is 68.1 Å². The fourth-order valence-electron chi connectivity index (χ4n) is 5.68. The Kier molecular flexibility index (Phi) is 6.71. The number of tetrazole rings is 1. The van der Waals surface area contributed by atoms with Crippen molar-refractivity contribution in [2.45, 2.75) is 64.2 Å². The lowest BCUT2D eigenvalue weighted by Gasteiger charge is -2.31. The standard InChI is InChI=1S/C28H32N6O4/c1-3-24(27-30-31-32-34(27)21-6-4-5-7-21)33(15-18-8-11-25-26(12-18)38-17-37-25)16-20-13-19-14-22(36-2)9-10-23(19)29-28(20)35/h8-14,21,24H,3-7,15-17H2,1-2H3,(H,29,35)/t24-/m0/s1. The van der Waals surface area contributed by atoms with Crippen molar-refractivity contribution in [2.24, 2.45) is 0 Å². The highest BCUT2D eigenvalue weighted by Crippen LogP contribution is 2.36. The number of nitrogens with one attached hydrogen (secondary N) is 1. The van der Waals surface area contributed by atoms with Gasteiger partial charge in [0.15, 0.2) is 17.3 Å². The number of pyridine rings is 1. The number of methoxy groups -OCH3 is 1. The molecule has 0 unspecified atom stereocenters. The van der Waals surface area contributed by atoms with Gasteiger partial charge in [0.2, 0.25) is 6.79 Å². The van der Waals surface area contributed by atoms with E-state index in [1.807, 2.05) is 47.1 Å². The summed E-state index contributed by atoms with van der Waals surface area (Å²) in [5.74, 6) is 3.08. The highest BCUT2D eigenvalue weighted by atomic mass is 16.7. The van der Waals surface area contributed by atoms with Gasteiger partial charge in [-0.1, -0.05) is 25.8 Å². The van der Waals surface area contributed by atoms with Crippen LogP contribution in [0.3, 0.4) is 0 Å². The summed E-state index contributed by atoms with van der Waals surface area (Å²) in [6, 6.07) is 13.8. The predicted octanol–water partition coefficient (Wildman–Crippen LogP) is 4.52. The molecule has 1 fully saturated rings. The zero-order chi connectivity index (χ0) is 26.1. The molecule has 1 N–H and O–H groups in total. The zero-order valence-electron chi connectivity index (χ0n) is 21.7. The van der Waals surface area contributed by atoms with Gasteiger partial charge in [-0.25, -0.2) is 4.68 Å². The fourth-order valence-corrected chi connectivity index (χ4v) is 5.68. The Bertz CT molecular complexity index is 1490. The monoisotopic (exact) mass is 516 g/mol. The van der Waals surface area contributed by atoms with Crippen molar-refractivity contribution < 1.29 is 14.2 Å². The van der Waals surface area contributed by atoms with Crippen LogP contribution >= 0.6 is 0 Å². The Balaban J connectivity index is 1.38. The van der Waals surface area contributed by atoms with Crippen molar-refractivity contribution in [1.29, 1.82) is 0 Å². The van der Waals surface area contributed by atoms with Crippen LogP contribution in [-0.2, 0) is 13.1 Å². The molecule has 1 aliphatic carbocycles. The number of H-pyrrole nitrogens is 1. The molecule has 2 aromatic heterocycles. The van der Waals surface area contributed by atoms with E-state index in [-0.39, 0.29) is 18.4 Å². The Morgan fingerprint density at radius 1 is 1.11 bits per heavy atom. The first kappa shape index (κ1) is 24.4. The molecule has 0 amide bonds. The lowest BCUT2D eigenvalue weighted by molar-refractivity contribution is 0.158. The summed E-state index contributed by atoms with van der Waals surface area (Å²) in [6.07, 6.45) is 5.35. The number of nitrogens with zero attached hydrogens (tertiary/aromatic N) is 5. The molecule has 6 rings (SSSR count). The number of fused-ring (bicyclic) bond motifs is 2. The summed E-state index contributed by atoms with van der Waals surface area (Å²) in [5.41, 5.74) is 2.40. The quantitative estimate of drug-likeness (QED) is 0.346. The molecular formula is C28H32N6O4. The second kappa shape index (κ2) is 10.4. The van der Waals surface area contributed by atoms with Crippen molar-refractivity contribution in [2.75, 3.05) is 13.9 Å². The summed E-state index contributed by atoms with van der Waals surface area (Å²) in [4.78, 5) is 18.5. The summed E-state index contributed by atoms with van der Waals surface area (Å²) >= 11 is 0. The van der Waals surface area contributed by atoms with Crippen molar-refractivity contribution in [3.63, 3.8) is 0 Å². The Hall–Kier alpha value is -3.92. The van der Waals surface area contributed by atoms with Gasteiger partial charge < -0.3 is 19.2 Å². The number of hydrogen-bond acceptors (Lipinski definition) is 8. The minimum absolute atomic E-state index is 0.0866. The molecule has 0 spiro atoms. The molecule has 0 radical (unpaired) electrons. The number of ether oxygens (including phenoxy) is 3. The number of benzene rings is 2. The summed E-state index contributed by atoms with van der Waals surface area (Å²) < 4.78 is 18.6. The lowest BCUT2D eigenvalue weighted by atomic mass is 10.1. The lowest BCUT2D eigenvalue weighted by Crippen LogP contribution is -2.32. The van der Waals surface area contributed by atoms with E-state index in [4.69, 9.17) is 14.2 Å². The average Bonchev–Trinajstić information content (AvgIpc) is 3.71. The molecule has 1 atom stereocenters. The average molecular weight is 517 g/mol. The second-order valence-corrected chi connectivity index (χ2v) is 10.0. The number of aromatic nitrogens is 5. The third-order valence-electron chi connectivity index (χ3n) is 7.64. The normalized spacial score (nSPS) is 16.0. The van der Waals surface area contributed by atoms with Crippen LogP contribution < -0.4 is 19.8 Å². The molecular weight excluding hydrogens is 484 g/mol. The number of aromatic amines is 1. The van der Waals surface area contributed by atoms with Crippen LogP contribution in [0.5, 0.6) is 17.2 Å². The van der Waals surface area contributed by atoms with Crippen LogP contribution in [0.25, 0.3) is 10.9 Å². The van der Waals surface area contributed by atoms with Crippen LogP contribution in [0, 0.1) is 0 Å². The van der Waals surface area contributed by atoms with Gasteiger partial charge in [0.1, 0.15) is 5.75 Å². The molecule has 3 heterocycles.